The van der Waals surface area contributed by atoms with Crippen LogP contribution in [0.3, 0.4) is 0 Å². The maximum absolute atomic E-state index is 12.1. The van der Waals surface area contributed by atoms with Crippen LogP contribution in [0, 0.1) is 0 Å². The van der Waals surface area contributed by atoms with E-state index in [2.05, 4.69) is 15.3 Å². The Balaban J connectivity index is 1.60. The minimum Gasteiger partial charge on any atom is -0.356 e. The molecule has 8 nitrogen and oxygen atoms in total. The molecule has 9 heteroatoms. The second-order valence-electron chi connectivity index (χ2n) is 5.80. The van der Waals surface area contributed by atoms with Crippen molar-refractivity contribution < 1.29 is 4.79 Å². The number of thiophene rings is 1. The number of carbonyl (C=O) groups excluding carboxylic acids is 1. The van der Waals surface area contributed by atoms with Crippen molar-refractivity contribution in [3.8, 4) is 0 Å². The normalized spacial score (nSPS) is 11.1. The van der Waals surface area contributed by atoms with Crippen molar-refractivity contribution in [2.75, 3.05) is 6.54 Å². The van der Waals surface area contributed by atoms with E-state index >= 15 is 0 Å². The molecule has 0 unspecified atom stereocenters. The van der Waals surface area contributed by atoms with Crippen LogP contribution in [0.1, 0.15) is 17.1 Å². The number of carbonyl (C=O) groups is 1. The van der Waals surface area contributed by atoms with Crippen molar-refractivity contribution in [1.29, 1.82) is 0 Å². The highest BCUT2D eigenvalue weighted by Crippen LogP contribution is 2.09. The monoisotopic (exact) mass is 361 g/mol. The molecule has 0 saturated carbocycles. The van der Waals surface area contributed by atoms with Gasteiger partial charge in [-0.15, -0.1) is 11.3 Å². The molecule has 0 saturated heterocycles. The number of aryl methyl sites for hydroxylation is 2. The SMILES string of the molecule is Cn1c(=O)c2[nH]c(CCCNC(=O)Cc3cccs3)nc2n(C)c1=O. The second kappa shape index (κ2) is 7.06. The van der Waals surface area contributed by atoms with Gasteiger partial charge in [0.05, 0.1) is 6.42 Å². The van der Waals surface area contributed by atoms with Crippen LogP contribution in [-0.4, -0.2) is 31.6 Å². The van der Waals surface area contributed by atoms with Crippen molar-refractivity contribution in [3.63, 3.8) is 0 Å². The highest BCUT2D eigenvalue weighted by Gasteiger charge is 2.13. The first-order chi connectivity index (χ1) is 12.0. The Labute approximate surface area is 147 Å². The number of nitrogens with zero attached hydrogens (tertiary/aromatic N) is 3. The predicted octanol–water partition coefficient (Wildman–Crippen LogP) is 0.313. The van der Waals surface area contributed by atoms with Crippen molar-refractivity contribution >= 4 is 28.4 Å². The molecular formula is C16H19N5O3S. The van der Waals surface area contributed by atoms with Crippen LogP contribution in [0.15, 0.2) is 27.1 Å². The second-order valence-corrected chi connectivity index (χ2v) is 6.83. The number of hydrogen-bond acceptors (Lipinski definition) is 5. The number of amides is 1. The Morgan fingerprint density at radius 3 is 2.84 bits per heavy atom. The predicted molar refractivity (Wildman–Crippen MR) is 95.9 cm³/mol. The Bertz CT molecular complexity index is 1010. The molecule has 0 aliphatic heterocycles. The van der Waals surface area contributed by atoms with Gasteiger partial charge in [-0.3, -0.25) is 18.7 Å². The van der Waals surface area contributed by atoms with Crippen LogP contribution in [0.25, 0.3) is 11.2 Å². The lowest BCUT2D eigenvalue weighted by atomic mass is 10.3. The van der Waals surface area contributed by atoms with Crippen LogP contribution in [0.4, 0.5) is 0 Å². The summed E-state index contributed by atoms with van der Waals surface area (Å²) in [6.45, 7) is 0.526. The molecule has 0 aliphatic carbocycles. The van der Waals surface area contributed by atoms with E-state index in [0.717, 1.165) is 9.44 Å². The van der Waals surface area contributed by atoms with Gasteiger partial charge in [0, 0.05) is 31.9 Å². The van der Waals surface area contributed by atoms with Crippen LogP contribution in [0.2, 0.25) is 0 Å². The van der Waals surface area contributed by atoms with Gasteiger partial charge in [-0.2, -0.15) is 0 Å². The quantitative estimate of drug-likeness (QED) is 0.617. The number of imidazole rings is 1. The minimum absolute atomic E-state index is 0.0108. The molecule has 0 fully saturated rings. The summed E-state index contributed by atoms with van der Waals surface area (Å²) in [7, 11) is 3.02. The van der Waals surface area contributed by atoms with E-state index in [9.17, 15) is 14.4 Å². The average Bonchev–Trinajstić information content (AvgIpc) is 3.24. The highest BCUT2D eigenvalue weighted by molar-refractivity contribution is 7.10. The van der Waals surface area contributed by atoms with Crippen LogP contribution < -0.4 is 16.6 Å². The van der Waals surface area contributed by atoms with E-state index in [1.807, 2.05) is 17.5 Å². The number of aromatic nitrogens is 4. The summed E-state index contributed by atoms with van der Waals surface area (Å²) in [5, 5.41) is 4.82. The number of aromatic amines is 1. The average molecular weight is 361 g/mol. The molecule has 0 radical (unpaired) electrons. The van der Waals surface area contributed by atoms with Crippen molar-refractivity contribution in [3.05, 3.63) is 49.1 Å². The lowest BCUT2D eigenvalue weighted by Gasteiger charge is -2.03. The largest absolute Gasteiger partial charge is 0.356 e. The smallest absolute Gasteiger partial charge is 0.332 e. The van der Waals surface area contributed by atoms with Gasteiger partial charge in [0.15, 0.2) is 5.65 Å². The lowest BCUT2D eigenvalue weighted by molar-refractivity contribution is -0.120. The summed E-state index contributed by atoms with van der Waals surface area (Å²) in [6, 6.07) is 3.86. The van der Waals surface area contributed by atoms with Gasteiger partial charge in [-0.1, -0.05) is 6.07 Å². The van der Waals surface area contributed by atoms with E-state index in [-0.39, 0.29) is 11.5 Å². The van der Waals surface area contributed by atoms with Gasteiger partial charge in [0.25, 0.3) is 5.56 Å². The molecule has 132 valence electrons. The Morgan fingerprint density at radius 1 is 1.32 bits per heavy atom. The number of H-pyrrole nitrogens is 1. The van der Waals surface area contributed by atoms with E-state index in [0.29, 0.717) is 42.8 Å². The van der Waals surface area contributed by atoms with Crippen molar-refractivity contribution in [1.82, 2.24) is 24.4 Å². The third-order valence-corrected chi connectivity index (χ3v) is 4.85. The summed E-state index contributed by atoms with van der Waals surface area (Å²) >= 11 is 1.56. The van der Waals surface area contributed by atoms with Gasteiger partial charge in [0.1, 0.15) is 11.3 Å². The molecule has 0 atom stereocenters. The molecular weight excluding hydrogens is 342 g/mol. The number of fused-ring (bicyclic) bond motifs is 1. The summed E-state index contributed by atoms with van der Waals surface area (Å²) in [6.07, 6.45) is 1.65. The van der Waals surface area contributed by atoms with Gasteiger partial charge in [-0.25, -0.2) is 9.78 Å². The summed E-state index contributed by atoms with van der Waals surface area (Å²) in [4.78, 5) is 44.2. The van der Waals surface area contributed by atoms with Crippen molar-refractivity contribution in [2.45, 2.75) is 19.3 Å². The first kappa shape index (κ1) is 17.2. The fourth-order valence-electron chi connectivity index (χ4n) is 2.61. The topological polar surface area (TPSA) is 102 Å². The minimum atomic E-state index is -0.406. The molecule has 3 rings (SSSR count). The molecule has 3 aromatic rings. The van der Waals surface area contributed by atoms with Crippen LogP contribution in [0.5, 0.6) is 0 Å². The van der Waals surface area contributed by atoms with Gasteiger partial charge in [0.2, 0.25) is 5.91 Å². The molecule has 0 bridgehead atoms. The lowest BCUT2D eigenvalue weighted by Crippen LogP contribution is -2.36. The Morgan fingerprint density at radius 2 is 2.12 bits per heavy atom. The summed E-state index contributed by atoms with van der Waals surface area (Å²) < 4.78 is 2.40. The highest BCUT2D eigenvalue weighted by atomic mass is 32.1. The number of hydrogen-bond donors (Lipinski definition) is 2. The number of rotatable bonds is 6. The maximum atomic E-state index is 12.1. The van der Waals surface area contributed by atoms with Gasteiger partial charge < -0.3 is 10.3 Å². The molecule has 3 heterocycles. The van der Waals surface area contributed by atoms with E-state index < -0.39 is 5.69 Å². The maximum Gasteiger partial charge on any atom is 0.332 e. The van der Waals surface area contributed by atoms with E-state index in [1.165, 1.54) is 11.6 Å². The molecule has 2 N–H and O–H groups in total. The van der Waals surface area contributed by atoms with Gasteiger partial charge >= 0.3 is 5.69 Å². The number of nitrogens with one attached hydrogen (secondary N) is 2. The standard InChI is InChI=1S/C16H19N5O3S/c1-20-14-13(15(23)21(2)16(20)24)18-11(19-14)6-3-7-17-12(22)9-10-5-4-8-25-10/h4-5,8H,3,6-7,9H2,1-2H3,(H,17,22)(H,18,19). The summed E-state index contributed by atoms with van der Waals surface area (Å²) in [5.41, 5.74) is -0.122. The van der Waals surface area contributed by atoms with Crippen molar-refractivity contribution in [2.24, 2.45) is 14.1 Å². The zero-order chi connectivity index (χ0) is 18.0. The first-order valence-electron chi connectivity index (χ1n) is 7.91. The molecule has 25 heavy (non-hydrogen) atoms. The molecule has 3 aromatic heterocycles. The fourth-order valence-corrected chi connectivity index (χ4v) is 3.31. The molecule has 1 amide bonds. The van der Waals surface area contributed by atoms with E-state index in [4.69, 9.17) is 0 Å². The molecule has 0 aromatic carbocycles. The zero-order valence-electron chi connectivity index (χ0n) is 14.0. The Kier molecular flexibility index (Phi) is 4.84. The third-order valence-electron chi connectivity index (χ3n) is 3.97. The zero-order valence-corrected chi connectivity index (χ0v) is 14.9. The van der Waals surface area contributed by atoms with Crippen LogP contribution in [-0.2, 0) is 31.7 Å². The van der Waals surface area contributed by atoms with Gasteiger partial charge in [-0.05, 0) is 17.9 Å². The van der Waals surface area contributed by atoms with E-state index in [1.54, 1.807) is 18.4 Å². The third kappa shape index (κ3) is 3.55. The fraction of sp³-hybridized carbons (Fsp3) is 0.375. The molecule has 0 aliphatic rings. The Hall–Kier alpha value is -2.68. The summed E-state index contributed by atoms with van der Waals surface area (Å²) in [5.74, 6) is 0.615. The first-order valence-corrected chi connectivity index (χ1v) is 8.79. The molecule has 0 spiro atoms. The van der Waals surface area contributed by atoms with Crippen LogP contribution >= 0.6 is 11.3 Å².